The molecule has 0 radical (unpaired) electrons. The summed E-state index contributed by atoms with van der Waals surface area (Å²) in [5.41, 5.74) is 3.35. The number of pyridine rings is 1. The van der Waals surface area contributed by atoms with Gasteiger partial charge in [-0.15, -0.1) is 0 Å². The van der Waals surface area contributed by atoms with Crippen molar-refractivity contribution in [1.29, 1.82) is 5.26 Å². The molecule has 1 fully saturated rings. The van der Waals surface area contributed by atoms with E-state index in [9.17, 15) is 5.26 Å². The quantitative estimate of drug-likeness (QED) is 0.298. The minimum atomic E-state index is -0.208. The highest BCUT2D eigenvalue weighted by Gasteiger charge is 2.40. The summed E-state index contributed by atoms with van der Waals surface area (Å²) in [4.78, 5) is 18.8. The van der Waals surface area contributed by atoms with E-state index in [1.165, 1.54) is 11.1 Å². The third-order valence-electron chi connectivity index (χ3n) is 5.93. The van der Waals surface area contributed by atoms with E-state index < -0.39 is 0 Å². The van der Waals surface area contributed by atoms with E-state index in [2.05, 4.69) is 74.6 Å². The molecule has 0 bridgehead atoms. The Kier molecular flexibility index (Phi) is 4.54. The monoisotopic (exact) mass is 496 g/mol. The highest BCUT2D eigenvalue weighted by Crippen LogP contribution is 2.47. The van der Waals surface area contributed by atoms with E-state index >= 15 is 0 Å². The number of nitrogens with zero attached hydrogens (tertiary/aromatic N) is 6. The third kappa shape index (κ3) is 3.10. The molecule has 6 nitrogen and oxygen atoms in total. The number of hydrogen-bond donors (Lipinski definition) is 0. The van der Waals surface area contributed by atoms with Crippen LogP contribution < -0.4 is 9.80 Å². The molecule has 0 spiro atoms. The zero-order valence-corrected chi connectivity index (χ0v) is 18.4. The van der Waals surface area contributed by atoms with Crippen LogP contribution in [0.1, 0.15) is 30.9 Å². The van der Waals surface area contributed by atoms with Gasteiger partial charge in [0.2, 0.25) is 5.95 Å². The van der Waals surface area contributed by atoms with E-state index in [-0.39, 0.29) is 9.46 Å². The first kappa shape index (κ1) is 18.6. The Balaban J connectivity index is 1.63. The number of hydrogen-bond acceptors (Lipinski definition) is 6. The maximum atomic E-state index is 9.38. The highest BCUT2D eigenvalue weighted by molar-refractivity contribution is 14.1. The van der Waals surface area contributed by atoms with Crippen LogP contribution in [-0.4, -0.2) is 28.0 Å². The molecule has 0 aliphatic carbocycles. The fourth-order valence-corrected chi connectivity index (χ4v) is 5.31. The zero-order valence-electron chi connectivity index (χ0n) is 16.2. The van der Waals surface area contributed by atoms with Crippen molar-refractivity contribution in [3.63, 3.8) is 0 Å². The Hall–Kier alpha value is -2.47. The van der Waals surface area contributed by atoms with Gasteiger partial charge in [-0.3, -0.25) is 0 Å². The average molecular weight is 496 g/mol. The lowest BCUT2D eigenvalue weighted by Crippen LogP contribution is -2.37. The minimum Gasteiger partial charge on any atom is -0.339 e. The van der Waals surface area contributed by atoms with E-state index in [4.69, 9.17) is 9.97 Å². The predicted octanol–water partition coefficient (Wildman–Crippen LogP) is 4.39. The fourth-order valence-electron chi connectivity index (χ4n) is 4.39. The van der Waals surface area contributed by atoms with Crippen molar-refractivity contribution in [1.82, 2.24) is 15.0 Å². The van der Waals surface area contributed by atoms with Gasteiger partial charge in [0.15, 0.2) is 5.65 Å². The average Bonchev–Trinajstić information content (AvgIpc) is 3.03. The summed E-state index contributed by atoms with van der Waals surface area (Å²) in [6.45, 7) is 4.58. The molecule has 1 aromatic carbocycles. The first-order chi connectivity index (χ1) is 14.1. The van der Waals surface area contributed by atoms with Crippen LogP contribution in [0.5, 0.6) is 0 Å². The standard InChI is InChI=1S/C22H21IN6/c1-22(23)18-9-3-2-7-16(18)14-29(22)20-17-8-4-10-25-19(17)26-21(27-20)28-11-5-6-15(12-24)13-28/h2-4,7-10,15H,5-6,11,13-14H2,1H3. The predicted molar refractivity (Wildman–Crippen MR) is 122 cm³/mol. The smallest absolute Gasteiger partial charge is 0.229 e. The minimum absolute atomic E-state index is 0.0288. The van der Waals surface area contributed by atoms with Crippen molar-refractivity contribution in [3.8, 4) is 6.07 Å². The van der Waals surface area contributed by atoms with E-state index in [1.54, 1.807) is 6.20 Å². The molecule has 2 aliphatic rings. The van der Waals surface area contributed by atoms with Gasteiger partial charge in [-0.2, -0.15) is 15.2 Å². The maximum absolute atomic E-state index is 9.38. The summed E-state index contributed by atoms with van der Waals surface area (Å²) < 4.78 is -0.208. The Bertz CT molecular complexity index is 1120. The Morgan fingerprint density at radius 1 is 1.21 bits per heavy atom. The molecule has 146 valence electrons. The molecule has 4 heterocycles. The number of halogens is 1. The summed E-state index contributed by atoms with van der Waals surface area (Å²) in [6.07, 6.45) is 3.70. The Morgan fingerprint density at radius 2 is 2.07 bits per heavy atom. The summed E-state index contributed by atoms with van der Waals surface area (Å²) in [7, 11) is 0. The summed E-state index contributed by atoms with van der Waals surface area (Å²) in [5, 5.41) is 10.3. The molecule has 0 amide bonds. The number of aromatic nitrogens is 3. The van der Waals surface area contributed by atoms with Crippen molar-refractivity contribution in [2.75, 3.05) is 22.9 Å². The second kappa shape index (κ2) is 7.10. The fraction of sp³-hybridized carbons (Fsp3) is 0.364. The summed E-state index contributed by atoms with van der Waals surface area (Å²) >= 11 is 2.52. The van der Waals surface area contributed by atoms with Crippen LogP contribution in [-0.2, 0) is 10.1 Å². The van der Waals surface area contributed by atoms with Crippen LogP contribution in [0.25, 0.3) is 11.0 Å². The van der Waals surface area contributed by atoms with Gasteiger partial charge in [0.05, 0.1) is 17.4 Å². The van der Waals surface area contributed by atoms with E-state index in [1.807, 2.05) is 12.1 Å². The van der Waals surface area contributed by atoms with Gasteiger partial charge in [0.25, 0.3) is 0 Å². The van der Waals surface area contributed by atoms with Gasteiger partial charge < -0.3 is 9.80 Å². The molecule has 7 heteroatoms. The molecular weight excluding hydrogens is 475 g/mol. The molecule has 0 N–H and O–H groups in total. The lowest BCUT2D eigenvalue weighted by Gasteiger charge is -2.34. The van der Waals surface area contributed by atoms with Crippen molar-refractivity contribution in [2.24, 2.45) is 5.92 Å². The number of rotatable bonds is 2. The van der Waals surface area contributed by atoms with Crippen LogP contribution >= 0.6 is 22.6 Å². The lowest BCUT2D eigenvalue weighted by atomic mass is 10.0. The number of alkyl halides is 1. The van der Waals surface area contributed by atoms with Gasteiger partial charge in [-0.25, -0.2) is 4.98 Å². The third-order valence-corrected chi connectivity index (χ3v) is 7.09. The van der Waals surface area contributed by atoms with Gasteiger partial charge in [-0.05, 0) is 65.6 Å². The van der Waals surface area contributed by atoms with Crippen molar-refractivity contribution >= 4 is 45.4 Å². The second-order valence-corrected chi connectivity index (χ2v) is 9.93. The Morgan fingerprint density at radius 3 is 2.90 bits per heavy atom. The Labute approximate surface area is 183 Å². The van der Waals surface area contributed by atoms with Crippen molar-refractivity contribution in [3.05, 3.63) is 53.7 Å². The largest absolute Gasteiger partial charge is 0.339 e. The molecule has 3 aromatic rings. The summed E-state index contributed by atoms with van der Waals surface area (Å²) in [5.74, 6) is 1.61. The first-order valence-corrected chi connectivity index (χ1v) is 11.0. The normalized spacial score (nSPS) is 23.8. The van der Waals surface area contributed by atoms with Gasteiger partial charge in [0.1, 0.15) is 9.36 Å². The number of fused-ring (bicyclic) bond motifs is 2. The molecule has 2 aliphatic heterocycles. The van der Waals surface area contributed by atoms with Crippen LogP contribution in [0.2, 0.25) is 0 Å². The maximum Gasteiger partial charge on any atom is 0.229 e. The van der Waals surface area contributed by atoms with Crippen LogP contribution in [0.15, 0.2) is 42.6 Å². The lowest BCUT2D eigenvalue weighted by molar-refractivity contribution is 0.487. The number of benzene rings is 1. The number of nitriles is 1. The number of anilines is 2. The van der Waals surface area contributed by atoms with Gasteiger partial charge >= 0.3 is 0 Å². The molecule has 2 atom stereocenters. The number of piperidine rings is 1. The van der Waals surface area contributed by atoms with Crippen molar-refractivity contribution in [2.45, 2.75) is 29.9 Å². The van der Waals surface area contributed by atoms with Crippen LogP contribution in [0, 0.1) is 17.2 Å². The first-order valence-electron chi connectivity index (χ1n) is 9.90. The van der Waals surface area contributed by atoms with Crippen molar-refractivity contribution < 1.29 is 0 Å². The van der Waals surface area contributed by atoms with Crippen LogP contribution in [0.3, 0.4) is 0 Å². The molecule has 2 aromatic heterocycles. The molecule has 29 heavy (non-hydrogen) atoms. The van der Waals surface area contributed by atoms with Gasteiger partial charge in [-0.1, -0.05) is 24.3 Å². The molecular formula is C22H21IN6. The second-order valence-electron chi connectivity index (χ2n) is 7.83. The van der Waals surface area contributed by atoms with E-state index in [0.717, 1.165) is 37.1 Å². The zero-order chi connectivity index (χ0) is 20.0. The topological polar surface area (TPSA) is 68.9 Å². The highest BCUT2D eigenvalue weighted by atomic mass is 127. The van der Waals surface area contributed by atoms with E-state index in [0.29, 0.717) is 18.1 Å². The van der Waals surface area contributed by atoms with Crippen LogP contribution in [0.4, 0.5) is 11.8 Å². The summed E-state index contributed by atoms with van der Waals surface area (Å²) in [6, 6.07) is 15.0. The molecule has 0 saturated carbocycles. The molecule has 1 saturated heterocycles. The SMILES string of the molecule is CC1(I)c2ccccc2CN1c1nc(N2CCCC(C#N)C2)nc2ncccc12. The molecule has 2 unspecified atom stereocenters. The van der Waals surface area contributed by atoms with Gasteiger partial charge in [0, 0.05) is 25.8 Å². The molecule has 5 rings (SSSR count).